The van der Waals surface area contributed by atoms with E-state index in [0.29, 0.717) is 11.5 Å². The standard InChI is InChI=1S/C38H23N3O3/c1-39-32(38(42)43)23-27-19-21-37(44-27)24-14-20-36-31(22-24)30-10-4-7-13-35(30)41(36)26-17-15-25(16-18-26)40-33-11-5-2-8-28(33)29-9-3-6-12-34(29)40/h2-23H,(H,42,43)/b32-23-. The lowest BCUT2D eigenvalue weighted by atomic mass is 10.1. The van der Waals surface area contributed by atoms with Crippen molar-refractivity contribution >= 4 is 55.7 Å². The minimum Gasteiger partial charge on any atom is -0.486 e. The van der Waals surface area contributed by atoms with Gasteiger partial charge in [-0.15, -0.1) is 0 Å². The molecule has 0 saturated carbocycles. The van der Waals surface area contributed by atoms with Gasteiger partial charge in [-0.05, 0) is 78.9 Å². The van der Waals surface area contributed by atoms with E-state index in [4.69, 9.17) is 11.0 Å². The molecule has 0 saturated heterocycles. The molecule has 1 N–H and O–H groups in total. The summed E-state index contributed by atoms with van der Waals surface area (Å²) in [5, 5.41) is 13.9. The summed E-state index contributed by atoms with van der Waals surface area (Å²) in [5.41, 5.74) is 7.13. The summed E-state index contributed by atoms with van der Waals surface area (Å²) in [6, 6.07) is 43.7. The summed E-state index contributed by atoms with van der Waals surface area (Å²) >= 11 is 0. The molecular formula is C38H23N3O3. The van der Waals surface area contributed by atoms with Gasteiger partial charge < -0.3 is 18.7 Å². The molecule has 0 spiro atoms. The highest BCUT2D eigenvalue weighted by atomic mass is 16.4. The Hall–Kier alpha value is -6.32. The number of nitrogens with zero attached hydrogens (tertiary/aromatic N) is 3. The second-order valence-electron chi connectivity index (χ2n) is 10.6. The van der Waals surface area contributed by atoms with Crippen molar-refractivity contribution in [3.8, 4) is 22.7 Å². The van der Waals surface area contributed by atoms with Crippen molar-refractivity contribution in [2.75, 3.05) is 0 Å². The molecule has 0 fully saturated rings. The van der Waals surface area contributed by atoms with E-state index in [1.165, 1.54) is 27.9 Å². The van der Waals surface area contributed by atoms with Crippen LogP contribution in [0.25, 0.3) is 77.2 Å². The molecule has 3 heterocycles. The molecular weight excluding hydrogens is 546 g/mol. The van der Waals surface area contributed by atoms with E-state index >= 15 is 0 Å². The van der Waals surface area contributed by atoms with Crippen molar-refractivity contribution in [1.82, 2.24) is 9.13 Å². The van der Waals surface area contributed by atoms with Crippen LogP contribution in [-0.2, 0) is 4.79 Å². The molecule has 6 nitrogen and oxygen atoms in total. The molecule has 0 aliphatic rings. The van der Waals surface area contributed by atoms with Crippen molar-refractivity contribution in [2.45, 2.75) is 0 Å². The zero-order valence-electron chi connectivity index (χ0n) is 23.3. The minimum atomic E-state index is -1.28. The number of fused-ring (bicyclic) bond motifs is 6. The van der Waals surface area contributed by atoms with Crippen molar-refractivity contribution < 1.29 is 14.3 Å². The SMILES string of the molecule is [C-]#[N+]/C(=C\c1ccc(-c2ccc3c(c2)c2ccccc2n3-c2ccc(-n3c4ccccc4c4ccccc43)cc2)o1)C(=O)O. The van der Waals surface area contributed by atoms with Crippen LogP contribution in [-0.4, -0.2) is 20.2 Å². The average molecular weight is 570 g/mol. The first-order valence-electron chi connectivity index (χ1n) is 14.2. The van der Waals surface area contributed by atoms with Crippen LogP contribution in [0.5, 0.6) is 0 Å². The smallest absolute Gasteiger partial charge is 0.333 e. The van der Waals surface area contributed by atoms with E-state index in [2.05, 4.69) is 111 Å². The topological polar surface area (TPSA) is 64.7 Å². The van der Waals surface area contributed by atoms with Gasteiger partial charge in [0.15, 0.2) is 0 Å². The predicted octanol–water partition coefficient (Wildman–Crippen LogP) is 9.49. The molecule has 0 bridgehead atoms. The molecule has 8 aromatic rings. The number of carboxylic acid groups (broad SMARTS) is 1. The molecule has 3 aromatic heterocycles. The lowest BCUT2D eigenvalue weighted by Gasteiger charge is -2.11. The van der Waals surface area contributed by atoms with Gasteiger partial charge in [-0.1, -0.05) is 54.6 Å². The molecule has 0 aliphatic heterocycles. The summed E-state index contributed by atoms with van der Waals surface area (Å²) < 4.78 is 10.5. The molecule has 5 aromatic carbocycles. The number of rotatable bonds is 5. The summed E-state index contributed by atoms with van der Waals surface area (Å²) in [4.78, 5) is 14.3. The highest BCUT2D eigenvalue weighted by Gasteiger charge is 2.16. The fraction of sp³-hybridized carbons (Fsp3) is 0. The largest absolute Gasteiger partial charge is 0.486 e. The third-order valence-electron chi connectivity index (χ3n) is 8.15. The first kappa shape index (κ1) is 25.4. The van der Waals surface area contributed by atoms with Gasteiger partial charge in [0.05, 0.1) is 28.6 Å². The Bertz CT molecular complexity index is 2430. The number of aliphatic carboxylic acids is 1. The monoisotopic (exact) mass is 569 g/mol. The Labute approximate surface area is 251 Å². The van der Waals surface area contributed by atoms with Crippen LogP contribution >= 0.6 is 0 Å². The number of hydrogen-bond acceptors (Lipinski definition) is 2. The molecule has 44 heavy (non-hydrogen) atoms. The zero-order valence-corrected chi connectivity index (χ0v) is 23.3. The third-order valence-corrected chi connectivity index (χ3v) is 8.15. The van der Waals surface area contributed by atoms with Crippen LogP contribution in [0.4, 0.5) is 0 Å². The van der Waals surface area contributed by atoms with Gasteiger partial charge in [0.25, 0.3) is 5.70 Å². The second kappa shape index (κ2) is 9.90. The number of para-hydroxylation sites is 3. The van der Waals surface area contributed by atoms with Crippen molar-refractivity contribution in [2.24, 2.45) is 0 Å². The highest BCUT2D eigenvalue weighted by Crippen LogP contribution is 2.37. The zero-order chi connectivity index (χ0) is 29.8. The van der Waals surface area contributed by atoms with Crippen LogP contribution in [0.1, 0.15) is 5.76 Å². The average Bonchev–Trinajstić information content (AvgIpc) is 3.76. The van der Waals surface area contributed by atoms with Crippen LogP contribution in [0.3, 0.4) is 0 Å². The fourth-order valence-electron chi connectivity index (χ4n) is 6.22. The van der Waals surface area contributed by atoms with Crippen LogP contribution < -0.4 is 0 Å². The van der Waals surface area contributed by atoms with Gasteiger partial charge >= 0.3 is 5.97 Å². The number of carboxylic acids is 1. The first-order valence-corrected chi connectivity index (χ1v) is 14.2. The van der Waals surface area contributed by atoms with Crippen molar-refractivity contribution in [3.63, 3.8) is 0 Å². The summed E-state index contributed by atoms with van der Waals surface area (Å²) in [7, 11) is 0. The predicted molar refractivity (Wildman–Crippen MR) is 175 cm³/mol. The number of carbonyl (C=O) groups is 1. The number of benzene rings is 5. The van der Waals surface area contributed by atoms with Crippen molar-refractivity contribution in [3.05, 3.63) is 150 Å². The number of furan rings is 1. The van der Waals surface area contributed by atoms with E-state index in [0.717, 1.165) is 38.7 Å². The van der Waals surface area contributed by atoms with Gasteiger partial charge in [-0.25, -0.2) is 4.85 Å². The van der Waals surface area contributed by atoms with Gasteiger partial charge in [-0.2, -0.15) is 0 Å². The quantitative estimate of drug-likeness (QED) is 0.166. The molecule has 0 radical (unpaired) electrons. The molecule has 8 rings (SSSR count). The Morgan fingerprint density at radius 3 is 1.66 bits per heavy atom. The van der Waals surface area contributed by atoms with E-state index < -0.39 is 11.7 Å². The normalized spacial score (nSPS) is 11.9. The second-order valence-corrected chi connectivity index (χ2v) is 10.6. The summed E-state index contributed by atoms with van der Waals surface area (Å²) in [6.07, 6.45) is 1.24. The van der Waals surface area contributed by atoms with Crippen molar-refractivity contribution in [1.29, 1.82) is 0 Å². The first-order chi connectivity index (χ1) is 21.6. The summed E-state index contributed by atoms with van der Waals surface area (Å²) in [6.45, 7) is 7.09. The van der Waals surface area contributed by atoms with Crippen LogP contribution in [0.15, 0.2) is 138 Å². The van der Waals surface area contributed by atoms with E-state index in [-0.39, 0.29) is 0 Å². The fourth-order valence-corrected chi connectivity index (χ4v) is 6.22. The molecule has 6 heteroatoms. The van der Waals surface area contributed by atoms with Gasteiger partial charge in [0, 0.05) is 38.5 Å². The molecule has 0 aliphatic carbocycles. The lowest BCUT2D eigenvalue weighted by Crippen LogP contribution is -1.97. The van der Waals surface area contributed by atoms with E-state index in [1.807, 2.05) is 18.2 Å². The molecule has 0 unspecified atom stereocenters. The minimum absolute atomic E-state index is 0.319. The maximum atomic E-state index is 11.3. The van der Waals surface area contributed by atoms with E-state index in [9.17, 15) is 9.90 Å². The maximum absolute atomic E-state index is 11.3. The maximum Gasteiger partial charge on any atom is 0.333 e. The van der Waals surface area contributed by atoms with Crippen LogP contribution in [0, 0.1) is 6.57 Å². The molecule has 0 atom stereocenters. The Balaban J connectivity index is 1.24. The third kappa shape index (κ3) is 3.92. The van der Waals surface area contributed by atoms with Gasteiger partial charge in [0.1, 0.15) is 11.5 Å². The van der Waals surface area contributed by atoms with E-state index in [1.54, 1.807) is 12.1 Å². The Morgan fingerprint density at radius 1 is 0.636 bits per heavy atom. The highest BCUT2D eigenvalue weighted by molar-refractivity contribution is 6.11. The van der Waals surface area contributed by atoms with Gasteiger partial charge in [-0.3, -0.25) is 4.79 Å². The lowest BCUT2D eigenvalue weighted by molar-refractivity contribution is -0.132. The molecule has 0 amide bonds. The molecule has 208 valence electrons. The van der Waals surface area contributed by atoms with Crippen LogP contribution in [0.2, 0.25) is 0 Å². The Morgan fingerprint density at radius 2 is 1.14 bits per heavy atom. The number of hydrogen-bond donors (Lipinski definition) is 1. The summed E-state index contributed by atoms with van der Waals surface area (Å²) in [5.74, 6) is -0.366. The Kier molecular flexibility index (Phi) is 5.71. The van der Waals surface area contributed by atoms with Gasteiger partial charge in [0.2, 0.25) is 0 Å². The number of aromatic nitrogens is 2.